The maximum atomic E-state index is 13.3. The van der Waals surface area contributed by atoms with Gasteiger partial charge in [0, 0.05) is 25.1 Å². The van der Waals surface area contributed by atoms with E-state index in [0.717, 1.165) is 27.1 Å². The van der Waals surface area contributed by atoms with Crippen LogP contribution in [0.5, 0.6) is 0 Å². The molecule has 1 aromatic heterocycles. The highest BCUT2D eigenvalue weighted by Gasteiger charge is 2.34. The number of hydrogen-bond acceptors (Lipinski definition) is 3. The van der Waals surface area contributed by atoms with Crippen molar-refractivity contribution in [1.82, 2.24) is 9.88 Å². The van der Waals surface area contributed by atoms with E-state index in [1.54, 1.807) is 18.2 Å². The average Bonchev–Trinajstić information content (AvgIpc) is 3.01. The lowest BCUT2D eigenvalue weighted by molar-refractivity contribution is -0.122. The standard InChI is InChI=1S/C24H19BrIN3O2S/c1-13-10-19(8-9-21(13)26)28-14(2)11-16(15(28)3)12-20-22(30)27-24(32)29(23(20)31)18-6-4-17(25)5-7-18/h4-12H,1-3H3,(H,27,30,32). The van der Waals surface area contributed by atoms with E-state index in [2.05, 4.69) is 73.5 Å². The van der Waals surface area contributed by atoms with Gasteiger partial charge in [0.05, 0.1) is 5.69 Å². The fourth-order valence-electron chi connectivity index (χ4n) is 3.74. The molecule has 0 spiro atoms. The molecule has 3 aromatic rings. The van der Waals surface area contributed by atoms with Gasteiger partial charge in [-0.15, -0.1) is 0 Å². The fraction of sp³-hybridized carbons (Fsp3) is 0.125. The van der Waals surface area contributed by atoms with Crippen molar-refractivity contribution in [2.24, 2.45) is 0 Å². The number of anilines is 1. The van der Waals surface area contributed by atoms with E-state index >= 15 is 0 Å². The third-order valence-electron chi connectivity index (χ3n) is 5.36. The average molecular weight is 620 g/mol. The van der Waals surface area contributed by atoms with Crippen molar-refractivity contribution in [2.45, 2.75) is 20.8 Å². The summed E-state index contributed by atoms with van der Waals surface area (Å²) < 4.78 is 4.21. The molecule has 5 nitrogen and oxygen atoms in total. The van der Waals surface area contributed by atoms with Gasteiger partial charge in [-0.2, -0.15) is 0 Å². The molecule has 0 unspecified atom stereocenters. The van der Waals surface area contributed by atoms with E-state index in [1.165, 1.54) is 14.0 Å². The second kappa shape index (κ2) is 8.92. The van der Waals surface area contributed by atoms with Gasteiger partial charge in [-0.3, -0.25) is 19.8 Å². The predicted octanol–water partition coefficient (Wildman–Crippen LogP) is 5.60. The highest BCUT2D eigenvalue weighted by molar-refractivity contribution is 14.1. The Kier molecular flexibility index (Phi) is 6.37. The summed E-state index contributed by atoms with van der Waals surface area (Å²) in [6.07, 6.45) is 1.64. The molecule has 0 aliphatic carbocycles. The van der Waals surface area contributed by atoms with E-state index in [1.807, 2.05) is 32.0 Å². The zero-order valence-corrected chi connectivity index (χ0v) is 22.1. The number of aromatic nitrogens is 1. The summed E-state index contributed by atoms with van der Waals surface area (Å²) in [7, 11) is 0. The Balaban J connectivity index is 1.76. The molecule has 1 aliphatic heterocycles. The number of nitrogens with one attached hydrogen (secondary N) is 1. The summed E-state index contributed by atoms with van der Waals surface area (Å²) in [5.74, 6) is -0.945. The van der Waals surface area contributed by atoms with Gasteiger partial charge in [0.2, 0.25) is 0 Å². The molecule has 1 N–H and O–H groups in total. The monoisotopic (exact) mass is 619 g/mol. The Morgan fingerprint density at radius 2 is 1.66 bits per heavy atom. The van der Waals surface area contributed by atoms with Crippen LogP contribution in [-0.4, -0.2) is 21.5 Å². The van der Waals surface area contributed by atoms with Gasteiger partial charge in [-0.1, -0.05) is 15.9 Å². The molecular weight excluding hydrogens is 601 g/mol. The molecular formula is C24H19BrIN3O2S. The van der Waals surface area contributed by atoms with Gasteiger partial charge in [-0.25, -0.2) is 0 Å². The maximum absolute atomic E-state index is 13.3. The third-order valence-corrected chi connectivity index (χ3v) is 7.38. The maximum Gasteiger partial charge on any atom is 0.270 e. The molecule has 2 aromatic carbocycles. The molecule has 162 valence electrons. The summed E-state index contributed by atoms with van der Waals surface area (Å²) >= 11 is 11.0. The van der Waals surface area contributed by atoms with Crippen LogP contribution in [0.2, 0.25) is 0 Å². The normalized spacial score (nSPS) is 15.5. The second-order valence-corrected chi connectivity index (χ2v) is 9.99. The summed E-state index contributed by atoms with van der Waals surface area (Å²) in [5, 5.41) is 2.71. The van der Waals surface area contributed by atoms with Gasteiger partial charge in [0.1, 0.15) is 5.57 Å². The van der Waals surface area contributed by atoms with Crippen molar-refractivity contribution in [2.75, 3.05) is 4.90 Å². The predicted molar refractivity (Wildman–Crippen MR) is 143 cm³/mol. The number of thiocarbonyl (C=S) groups is 1. The molecule has 1 saturated heterocycles. The fourth-order valence-corrected chi connectivity index (χ4v) is 4.62. The number of hydrogen-bond donors (Lipinski definition) is 1. The quantitative estimate of drug-likeness (QED) is 0.180. The largest absolute Gasteiger partial charge is 0.318 e. The van der Waals surface area contributed by atoms with Crippen molar-refractivity contribution < 1.29 is 9.59 Å². The molecule has 32 heavy (non-hydrogen) atoms. The van der Waals surface area contributed by atoms with Crippen LogP contribution >= 0.6 is 50.7 Å². The van der Waals surface area contributed by atoms with Crippen molar-refractivity contribution in [3.63, 3.8) is 0 Å². The van der Waals surface area contributed by atoms with Crippen LogP contribution in [0, 0.1) is 24.3 Å². The number of benzene rings is 2. The van der Waals surface area contributed by atoms with Crippen molar-refractivity contribution in [1.29, 1.82) is 0 Å². The molecule has 0 saturated carbocycles. The summed E-state index contributed by atoms with van der Waals surface area (Å²) in [5.41, 5.74) is 5.63. The molecule has 0 atom stereocenters. The van der Waals surface area contributed by atoms with Crippen LogP contribution in [-0.2, 0) is 9.59 Å². The summed E-state index contributed by atoms with van der Waals surface area (Å²) in [6, 6.07) is 15.4. The molecule has 4 rings (SSSR count). The Morgan fingerprint density at radius 3 is 2.31 bits per heavy atom. The Morgan fingerprint density at radius 1 is 1.00 bits per heavy atom. The van der Waals surface area contributed by atoms with Crippen LogP contribution in [0.4, 0.5) is 5.69 Å². The van der Waals surface area contributed by atoms with Crippen molar-refractivity contribution in [3.05, 3.63) is 84.7 Å². The van der Waals surface area contributed by atoms with Gasteiger partial charge < -0.3 is 4.57 Å². The minimum absolute atomic E-state index is 0.0422. The first-order chi connectivity index (χ1) is 15.2. The number of amides is 2. The molecule has 2 heterocycles. The molecule has 0 radical (unpaired) electrons. The lowest BCUT2D eigenvalue weighted by Gasteiger charge is -2.29. The zero-order valence-electron chi connectivity index (χ0n) is 17.6. The molecule has 0 bridgehead atoms. The van der Waals surface area contributed by atoms with Crippen molar-refractivity contribution in [3.8, 4) is 5.69 Å². The first kappa shape index (κ1) is 22.9. The third kappa shape index (κ3) is 4.18. The van der Waals surface area contributed by atoms with E-state index in [-0.39, 0.29) is 10.7 Å². The number of nitrogens with zero attached hydrogens (tertiary/aromatic N) is 2. The van der Waals surface area contributed by atoms with Crippen LogP contribution in [0.15, 0.2) is 58.6 Å². The smallest absolute Gasteiger partial charge is 0.270 e. The Hall–Kier alpha value is -2.30. The van der Waals surface area contributed by atoms with Crippen LogP contribution in [0.25, 0.3) is 11.8 Å². The van der Waals surface area contributed by atoms with Crippen LogP contribution < -0.4 is 10.2 Å². The van der Waals surface area contributed by atoms with Gasteiger partial charge in [0.25, 0.3) is 11.8 Å². The zero-order chi connectivity index (χ0) is 23.2. The number of aryl methyl sites for hydroxylation is 2. The van der Waals surface area contributed by atoms with Crippen LogP contribution in [0.3, 0.4) is 0 Å². The lowest BCUT2D eigenvalue weighted by atomic mass is 10.1. The molecule has 1 aliphatic rings. The Bertz CT molecular complexity index is 1310. The highest BCUT2D eigenvalue weighted by atomic mass is 127. The van der Waals surface area contributed by atoms with Gasteiger partial charge >= 0.3 is 0 Å². The number of rotatable bonds is 3. The van der Waals surface area contributed by atoms with Gasteiger partial charge in [0.15, 0.2) is 5.11 Å². The first-order valence-corrected chi connectivity index (χ1v) is 12.1. The minimum atomic E-state index is -0.497. The van der Waals surface area contributed by atoms with Crippen LogP contribution in [0.1, 0.15) is 22.5 Å². The topological polar surface area (TPSA) is 54.3 Å². The van der Waals surface area contributed by atoms with E-state index in [0.29, 0.717) is 5.69 Å². The van der Waals surface area contributed by atoms with E-state index in [4.69, 9.17) is 12.2 Å². The molecule has 1 fully saturated rings. The van der Waals surface area contributed by atoms with Gasteiger partial charge in [-0.05, 0) is 121 Å². The highest BCUT2D eigenvalue weighted by Crippen LogP contribution is 2.27. The second-order valence-electron chi connectivity index (χ2n) is 7.53. The number of halogens is 2. The SMILES string of the molecule is Cc1cc(-n2c(C)cc(C=C3C(=O)NC(=S)N(c4ccc(Br)cc4)C3=O)c2C)ccc1I. The van der Waals surface area contributed by atoms with E-state index in [9.17, 15) is 9.59 Å². The minimum Gasteiger partial charge on any atom is -0.318 e. The summed E-state index contributed by atoms with van der Waals surface area (Å²) in [4.78, 5) is 27.3. The molecule has 2 amide bonds. The lowest BCUT2D eigenvalue weighted by Crippen LogP contribution is -2.54. The van der Waals surface area contributed by atoms with E-state index < -0.39 is 11.8 Å². The molecule has 8 heteroatoms. The first-order valence-electron chi connectivity index (χ1n) is 9.80. The Labute approximate surface area is 213 Å². The number of carbonyl (C=O) groups excluding carboxylic acids is 2. The number of carbonyl (C=O) groups is 2. The summed E-state index contributed by atoms with van der Waals surface area (Å²) in [6.45, 7) is 6.07. The van der Waals surface area contributed by atoms with Crippen molar-refractivity contribution >= 4 is 79.4 Å².